The molecule has 0 aromatic heterocycles. The van der Waals surface area contributed by atoms with Crippen LogP contribution in [0.5, 0.6) is 0 Å². The van der Waals surface area contributed by atoms with Gasteiger partial charge in [0.05, 0.1) is 0 Å². The molecule has 2 aromatic carbocycles. The predicted octanol–water partition coefficient (Wildman–Crippen LogP) is 3.50. The van der Waals surface area contributed by atoms with Crippen LogP contribution in [-0.2, 0) is 0 Å². The fourth-order valence-electron chi connectivity index (χ4n) is 2.32. The van der Waals surface area contributed by atoms with Crippen LogP contribution < -0.4 is 9.80 Å². The normalized spacial score (nSPS) is 14.5. The molecule has 0 saturated heterocycles. The van der Waals surface area contributed by atoms with Gasteiger partial charge in [-0.05, 0) is 12.1 Å². The number of anilines is 4. The van der Waals surface area contributed by atoms with Crippen LogP contribution in [0.4, 0.5) is 22.7 Å². The molecule has 0 atom stereocenters. The largest absolute Gasteiger partial charge is 0.335 e. The standard InChI is InChI=1S/C14H14N2/c1-15-11-7-3-5-9-13(11)16(2)14-10-6-4-8-12(14)15/h3-10H,1-2H3/q+1. The van der Waals surface area contributed by atoms with Crippen molar-refractivity contribution in [2.75, 3.05) is 19.0 Å². The number of rotatable bonds is 0. The van der Waals surface area contributed by atoms with E-state index in [9.17, 15) is 0 Å². The van der Waals surface area contributed by atoms with Crippen LogP contribution in [0, 0.1) is 0 Å². The summed E-state index contributed by atoms with van der Waals surface area (Å²) in [4.78, 5) is 4.48. The third kappa shape index (κ3) is 1.17. The summed E-state index contributed by atoms with van der Waals surface area (Å²) >= 11 is 0. The molecule has 0 amide bonds. The maximum absolute atomic E-state index is 2.24. The Morgan fingerprint density at radius 3 is 1.75 bits per heavy atom. The van der Waals surface area contributed by atoms with Crippen molar-refractivity contribution in [2.45, 2.75) is 0 Å². The predicted molar refractivity (Wildman–Crippen MR) is 68.3 cm³/mol. The van der Waals surface area contributed by atoms with Gasteiger partial charge >= 0.3 is 0 Å². The van der Waals surface area contributed by atoms with Gasteiger partial charge in [0.2, 0.25) is 11.4 Å². The molecule has 1 radical (unpaired) electrons. The minimum Gasteiger partial charge on any atom is -0.335 e. The number of nitrogens with zero attached hydrogens (tertiary/aromatic N) is 2. The molecule has 16 heavy (non-hydrogen) atoms. The topological polar surface area (TPSA) is 9.14 Å². The summed E-state index contributed by atoms with van der Waals surface area (Å²) in [5.74, 6) is 0. The molecular formula is C14H14N2+. The number of benzene rings is 2. The van der Waals surface area contributed by atoms with Gasteiger partial charge in [0, 0.05) is 19.2 Å². The van der Waals surface area contributed by atoms with Crippen molar-refractivity contribution in [1.82, 2.24) is 4.90 Å². The Morgan fingerprint density at radius 2 is 1.25 bits per heavy atom. The highest BCUT2D eigenvalue weighted by Gasteiger charge is 2.31. The molecule has 0 bridgehead atoms. The lowest BCUT2D eigenvalue weighted by Crippen LogP contribution is -2.24. The van der Waals surface area contributed by atoms with E-state index in [4.69, 9.17) is 0 Å². The van der Waals surface area contributed by atoms with E-state index in [1.807, 2.05) is 0 Å². The van der Waals surface area contributed by atoms with Gasteiger partial charge in [-0.3, -0.25) is 0 Å². The Kier molecular flexibility index (Phi) is 1.98. The number of para-hydroxylation sites is 4. The van der Waals surface area contributed by atoms with Crippen LogP contribution in [-0.4, -0.2) is 14.1 Å². The average Bonchev–Trinajstić information content (AvgIpc) is 2.36. The molecule has 3 rings (SSSR count). The summed E-state index contributed by atoms with van der Waals surface area (Å²) in [6.07, 6.45) is 0. The molecule has 0 fully saturated rings. The van der Waals surface area contributed by atoms with Crippen LogP contribution in [0.2, 0.25) is 0 Å². The summed E-state index contributed by atoms with van der Waals surface area (Å²) in [5, 5.41) is 0. The van der Waals surface area contributed by atoms with Crippen molar-refractivity contribution in [2.24, 2.45) is 0 Å². The van der Waals surface area contributed by atoms with Crippen LogP contribution in [0.3, 0.4) is 0 Å². The molecule has 0 N–H and O–H groups in total. The first kappa shape index (κ1) is 9.43. The SMILES string of the molecule is CN1c2ccccc2[N+](C)c2ccccc21. The lowest BCUT2D eigenvalue weighted by Gasteiger charge is -2.27. The number of fused-ring (bicyclic) bond motifs is 2. The fraction of sp³-hybridized carbons (Fsp3) is 0.143. The van der Waals surface area contributed by atoms with E-state index in [1.54, 1.807) is 0 Å². The fourth-order valence-corrected chi connectivity index (χ4v) is 2.32. The Morgan fingerprint density at radius 1 is 0.812 bits per heavy atom. The van der Waals surface area contributed by atoms with Crippen molar-refractivity contribution >= 4 is 22.7 Å². The Hall–Kier alpha value is -1.80. The summed E-state index contributed by atoms with van der Waals surface area (Å²) in [5.41, 5.74) is 5.01. The zero-order valence-electron chi connectivity index (χ0n) is 9.51. The second kappa shape index (κ2) is 3.35. The third-order valence-electron chi connectivity index (χ3n) is 3.21. The average molecular weight is 210 g/mol. The van der Waals surface area contributed by atoms with E-state index >= 15 is 0 Å². The van der Waals surface area contributed by atoms with Gasteiger partial charge < -0.3 is 4.90 Å². The van der Waals surface area contributed by atoms with Crippen LogP contribution >= 0.6 is 0 Å². The smallest absolute Gasteiger partial charge is 0.210 e. The molecule has 0 spiro atoms. The van der Waals surface area contributed by atoms with E-state index in [-0.39, 0.29) is 0 Å². The molecule has 1 heterocycles. The van der Waals surface area contributed by atoms with Gasteiger partial charge in [0.25, 0.3) is 0 Å². The molecule has 2 nitrogen and oxygen atoms in total. The number of hydrogen-bond acceptors (Lipinski definition) is 2. The molecule has 2 heteroatoms. The lowest BCUT2D eigenvalue weighted by atomic mass is 10.1. The minimum absolute atomic E-state index is 1.25. The van der Waals surface area contributed by atoms with Crippen molar-refractivity contribution in [3.8, 4) is 0 Å². The molecule has 2 aromatic rings. The van der Waals surface area contributed by atoms with Gasteiger partial charge in [0.15, 0.2) is 0 Å². The highest BCUT2D eigenvalue weighted by molar-refractivity contribution is 5.87. The zero-order chi connectivity index (χ0) is 11.1. The third-order valence-corrected chi connectivity index (χ3v) is 3.21. The van der Waals surface area contributed by atoms with Crippen molar-refractivity contribution in [3.05, 3.63) is 48.5 Å². The molecule has 79 valence electrons. The summed E-state index contributed by atoms with van der Waals surface area (Å²) in [6.45, 7) is 0. The highest BCUT2D eigenvalue weighted by atomic mass is 15.2. The molecule has 0 saturated carbocycles. The van der Waals surface area contributed by atoms with Gasteiger partial charge in [-0.25, -0.2) is 0 Å². The van der Waals surface area contributed by atoms with Crippen molar-refractivity contribution in [1.29, 1.82) is 0 Å². The van der Waals surface area contributed by atoms with E-state index in [0.29, 0.717) is 0 Å². The van der Waals surface area contributed by atoms with Crippen LogP contribution in [0.15, 0.2) is 48.5 Å². The first-order valence-corrected chi connectivity index (χ1v) is 5.44. The van der Waals surface area contributed by atoms with E-state index in [1.165, 1.54) is 22.7 Å². The number of hydrogen-bond donors (Lipinski definition) is 0. The molecule has 1 aliphatic rings. The first-order valence-electron chi connectivity index (χ1n) is 5.44. The maximum atomic E-state index is 2.24. The van der Waals surface area contributed by atoms with Gasteiger partial charge in [-0.2, -0.15) is 0 Å². The Balaban J connectivity index is 2.26. The van der Waals surface area contributed by atoms with Gasteiger partial charge in [0.1, 0.15) is 18.4 Å². The van der Waals surface area contributed by atoms with E-state index in [0.717, 1.165) is 0 Å². The molecule has 0 unspecified atom stereocenters. The summed E-state index contributed by atoms with van der Waals surface area (Å²) in [7, 11) is 4.23. The second-order valence-corrected chi connectivity index (χ2v) is 4.10. The summed E-state index contributed by atoms with van der Waals surface area (Å²) < 4.78 is 0. The summed E-state index contributed by atoms with van der Waals surface area (Å²) in [6, 6.07) is 16.9. The van der Waals surface area contributed by atoms with E-state index in [2.05, 4.69) is 72.4 Å². The quantitative estimate of drug-likeness (QED) is 0.605. The van der Waals surface area contributed by atoms with Crippen molar-refractivity contribution < 1.29 is 0 Å². The lowest BCUT2D eigenvalue weighted by molar-refractivity contribution is 0.822. The molecule has 1 aliphatic heterocycles. The monoisotopic (exact) mass is 210 g/mol. The first-order chi connectivity index (χ1) is 7.79. The maximum Gasteiger partial charge on any atom is 0.210 e. The second-order valence-electron chi connectivity index (χ2n) is 4.10. The Bertz CT molecular complexity index is 438. The van der Waals surface area contributed by atoms with Gasteiger partial charge in [-0.15, -0.1) is 0 Å². The van der Waals surface area contributed by atoms with Crippen LogP contribution in [0.25, 0.3) is 0 Å². The van der Waals surface area contributed by atoms with Gasteiger partial charge in [-0.1, -0.05) is 29.2 Å². The van der Waals surface area contributed by atoms with E-state index < -0.39 is 0 Å². The Labute approximate surface area is 95.7 Å². The molecule has 0 aliphatic carbocycles. The highest BCUT2D eigenvalue weighted by Crippen LogP contribution is 2.45. The minimum atomic E-state index is 1.25. The molecular weight excluding hydrogens is 196 g/mol. The van der Waals surface area contributed by atoms with Crippen LogP contribution in [0.1, 0.15) is 0 Å². The van der Waals surface area contributed by atoms with Crippen molar-refractivity contribution in [3.63, 3.8) is 0 Å². The zero-order valence-corrected chi connectivity index (χ0v) is 9.51.